The lowest BCUT2D eigenvalue weighted by molar-refractivity contribution is -0.131. The molecular formula is C17H18FN3O3S. The number of carbonyl (C=O) groups is 1. The fourth-order valence-electron chi connectivity index (χ4n) is 2.72. The molecule has 25 heavy (non-hydrogen) atoms. The van der Waals surface area contributed by atoms with Gasteiger partial charge in [0.15, 0.2) is 0 Å². The largest absolute Gasteiger partial charge is 0.340 e. The fraction of sp³-hybridized carbons (Fsp3) is 0.294. The molecule has 8 heteroatoms. The topological polar surface area (TPSA) is 70.6 Å². The standard InChI is InChI=1S/C17H18FN3O3S/c18-15-3-5-16(6-4-15)25(23,24)21-10-8-20(9-11-21)17(22)12-14-2-1-7-19-13-14/h1-7,13H,8-12H2. The maximum absolute atomic E-state index is 13.0. The molecule has 0 spiro atoms. The summed E-state index contributed by atoms with van der Waals surface area (Å²) in [6, 6.07) is 8.37. The highest BCUT2D eigenvalue weighted by molar-refractivity contribution is 7.89. The third kappa shape index (κ3) is 4.02. The molecule has 1 aromatic carbocycles. The van der Waals surface area contributed by atoms with Crippen LogP contribution in [0.1, 0.15) is 5.56 Å². The van der Waals surface area contributed by atoms with E-state index in [0.717, 1.165) is 17.7 Å². The van der Waals surface area contributed by atoms with Crippen LogP contribution in [0.15, 0.2) is 53.7 Å². The van der Waals surface area contributed by atoms with E-state index in [9.17, 15) is 17.6 Å². The number of aromatic nitrogens is 1. The maximum Gasteiger partial charge on any atom is 0.243 e. The molecule has 6 nitrogen and oxygen atoms in total. The molecule has 0 bridgehead atoms. The van der Waals surface area contributed by atoms with Gasteiger partial charge in [0.1, 0.15) is 5.82 Å². The number of halogens is 1. The number of carbonyl (C=O) groups excluding carboxylic acids is 1. The number of benzene rings is 1. The van der Waals surface area contributed by atoms with Crippen molar-refractivity contribution in [3.8, 4) is 0 Å². The molecule has 0 unspecified atom stereocenters. The number of piperazine rings is 1. The van der Waals surface area contributed by atoms with Gasteiger partial charge in [0.05, 0.1) is 11.3 Å². The lowest BCUT2D eigenvalue weighted by atomic mass is 10.2. The first-order chi connectivity index (χ1) is 12.0. The molecule has 0 saturated carbocycles. The molecule has 2 aromatic rings. The van der Waals surface area contributed by atoms with Gasteiger partial charge in [0.2, 0.25) is 15.9 Å². The van der Waals surface area contributed by atoms with Crippen molar-refractivity contribution in [1.82, 2.24) is 14.2 Å². The molecule has 0 N–H and O–H groups in total. The zero-order valence-corrected chi connectivity index (χ0v) is 14.3. The predicted octanol–water partition coefficient (Wildman–Crippen LogP) is 1.30. The number of amides is 1. The number of pyridine rings is 1. The van der Waals surface area contributed by atoms with E-state index in [4.69, 9.17) is 0 Å². The minimum Gasteiger partial charge on any atom is -0.340 e. The van der Waals surface area contributed by atoms with Gasteiger partial charge in [-0.1, -0.05) is 6.07 Å². The molecule has 132 valence electrons. The number of nitrogens with zero attached hydrogens (tertiary/aromatic N) is 3. The van der Waals surface area contributed by atoms with Crippen LogP contribution in [0.5, 0.6) is 0 Å². The number of hydrogen-bond acceptors (Lipinski definition) is 4. The van der Waals surface area contributed by atoms with Crippen molar-refractivity contribution in [2.45, 2.75) is 11.3 Å². The molecule has 1 aromatic heterocycles. The minimum absolute atomic E-state index is 0.0492. The fourth-order valence-corrected chi connectivity index (χ4v) is 4.14. The summed E-state index contributed by atoms with van der Waals surface area (Å²) in [6.07, 6.45) is 3.54. The molecule has 0 atom stereocenters. The Bertz CT molecular complexity index is 833. The van der Waals surface area contributed by atoms with Crippen LogP contribution >= 0.6 is 0 Å². The van der Waals surface area contributed by atoms with Crippen LogP contribution in [-0.2, 0) is 21.2 Å². The Kier molecular flexibility index (Phi) is 5.10. The number of sulfonamides is 1. The first-order valence-corrected chi connectivity index (χ1v) is 9.33. The highest BCUT2D eigenvalue weighted by Crippen LogP contribution is 2.18. The Balaban J connectivity index is 1.61. The molecule has 1 amide bonds. The van der Waals surface area contributed by atoms with Crippen LogP contribution in [0.2, 0.25) is 0 Å². The second-order valence-corrected chi connectivity index (χ2v) is 7.71. The Hall–Kier alpha value is -2.32. The summed E-state index contributed by atoms with van der Waals surface area (Å²) in [7, 11) is -3.67. The van der Waals surface area contributed by atoms with Gasteiger partial charge in [-0.25, -0.2) is 12.8 Å². The van der Waals surface area contributed by atoms with Gasteiger partial charge in [0.25, 0.3) is 0 Å². The van der Waals surface area contributed by atoms with Gasteiger partial charge in [-0.05, 0) is 35.9 Å². The maximum atomic E-state index is 13.0. The van der Waals surface area contributed by atoms with Crippen LogP contribution in [0, 0.1) is 5.82 Å². The highest BCUT2D eigenvalue weighted by Gasteiger charge is 2.30. The van der Waals surface area contributed by atoms with E-state index < -0.39 is 15.8 Å². The average Bonchev–Trinajstić information content (AvgIpc) is 2.63. The van der Waals surface area contributed by atoms with Crippen molar-refractivity contribution in [3.63, 3.8) is 0 Å². The average molecular weight is 363 g/mol. The van der Waals surface area contributed by atoms with Gasteiger partial charge in [-0.3, -0.25) is 9.78 Å². The summed E-state index contributed by atoms with van der Waals surface area (Å²) in [6.45, 7) is 1.11. The third-order valence-electron chi connectivity index (χ3n) is 4.12. The van der Waals surface area contributed by atoms with E-state index in [1.807, 2.05) is 6.07 Å². The quantitative estimate of drug-likeness (QED) is 0.821. The zero-order chi connectivity index (χ0) is 17.9. The Morgan fingerprint density at radius 1 is 1.08 bits per heavy atom. The first kappa shape index (κ1) is 17.5. The van der Waals surface area contributed by atoms with Crippen molar-refractivity contribution < 1.29 is 17.6 Å². The molecule has 1 fully saturated rings. The third-order valence-corrected chi connectivity index (χ3v) is 6.03. The summed E-state index contributed by atoms with van der Waals surface area (Å²) in [4.78, 5) is 18.0. The monoisotopic (exact) mass is 363 g/mol. The molecule has 1 aliphatic heterocycles. The van der Waals surface area contributed by atoms with Crippen molar-refractivity contribution in [3.05, 3.63) is 60.2 Å². The second kappa shape index (κ2) is 7.28. The van der Waals surface area contributed by atoms with Gasteiger partial charge in [-0.2, -0.15) is 4.31 Å². The number of hydrogen-bond donors (Lipinski definition) is 0. The summed E-state index contributed by atoms with van der Waals surface area (Å²) < 4.78 is 39.4. The van der Waals surface area contributed by atoms with Gasteiger partial charge in [-0.15, -0.1) is 0 Å². The molecule has 0 aliphatic carbocycles. The van der Waals surface area contributed by atoms with E-state index in [2.05, 4.69) is 4.98 Å². The summed E-state index contributed by atoms with van der Waals surface area (Å²) >= 11 is 0. The van der Waals surface area contributed by atoms with Crippen LogP contribution in [0.3, 0.4) is 0 Å². The van der Waals surface area contributed by atoms with Crippen molar-refractivity contribution in [2.24, 2.45) is 0 Å². The lowest BCUT2D eigenvalue weighted by Gasteiger charge is -2.34. The van der Waals surface area contributed by atoms with Gasteiger partial charge >= 0.3 is 0 Å². The Labute approximate surface area is 145 Å². The molecular weight excluding hydrogens is 345 g/mol. The van der Waals surface area contributed by atoms with E-state index in [-0.39, 0.29) is 30.3 Å². The van der Waals surface area contributed by atoms with Crippen LogP contribution in [0.25, 0.3) is 0 Å². The van der Waals surface area contributed by atoms with E-state index in [1.54, 1.807) is 23.4 Å². The smallest absolute Gasteiger partial charge is 0.243 e. The second-order valence-electron chi connectivity index (χ2n) is 5.78. The van der Waals surface area contributed by atoms with Crippen LogP contribution < -0.4 is 0 Å². The first-order valence-electron chi connectivity index (χ1n) is 7.89. The molecule has 0 radical (unpaired) electrons. The van der Waals surface area contributed by atoms with Crippen molar-refractivity contribution in [1.29, 1.82) is 0 Å². The molecule has 1 saturated heterocycles. The molecule has 2 heterocycles. The number of rotatable bonds is 4. The van der Waals surface area contributed by atoms with Gasteiger partial charge < -0.3 is 4.90 Å². The summed E-state index contributed by atoms with van der Waals surface area (Å²) in [5, 5.41) is 0. The SMILES string of the molecule is O=C(Cc1cccnc1)N1CCN(S(=O)(=O)c2ccc(F)cc2)CC1. The minimum atomic E-state index is -3.67. The van der Waals surface area contributed by atoms with Crippen molar-refractivity contribution in [2.75, 3.05) is 26.2 Å². The predicted molar refractivity (Wildman–Crippen MR) is 89.7 cm³/mol. The normalized spacial score (nSPS) is 16.0. The van der Waals surface area contributed by atoms with Gasteiger partial charge in [0, 0.05) is 38.6 Å². The summed E-state index contributed by atoms with van der Waals surface area (Å²) in [5.41, 5.74) is 0.828. The van der Waals surface area contributed by atoms with E-state index >= 15 is 0 Å². The van der Waals surface area contributed by atoms with Crippen molar-refractivity contribution >= 4 is 15.9 Å². The highest BCUT2D eigenvalue weighted by atomic mass is 32.2. The van der Waals surface area contributed by atoms with Crippen LogP contribution in [-0.4, -0.2) is 54.7 Å². The zero-order valence-electron chi connectivity index (χ0n) is 13.5. The Morgan fingerprint density at radius 2 is 1.76 bits per heavy atom. The molecule has 1 aliphatic rings. The molecule has 3 rings (SSSR count). The van der Waals surface area contributed by atoms with E-state index in [0.29, 0.717) is 13.1 Å². The summed E-state index contributed by atoms with van der Waals surface area (Å²) in [5.74, 6) is -0.531. The Morgan fingerprint density at radius 3 is 2.36 bits per heavy atom. The van der Waals surface area contributed by atoms with Crippen LogP contribution in [0.4, 0.5) is 4.39 Å². The lowest BCUT2D eigenvalue weighted by Crippen LogP contribution is -2.50. The van der Waals surface area contributed by atoms with E-state index in [1.165, 1.54) is 16.4 Å².